The number of amides is 1. The minimum absolute atomic E-state index is 0.0863. The summed E-state index contributed by atoms with van der Waals surface area (Å²) in [6.07, 6.45) is 3.86. The molecule has 1 aliphatic heterocycles. The Hall–Kier alpha value is -1.93. The molecule has 0 spiro atoms. The molecule has 1 saturated heterocycles. The molecular formula is C19H26N2O5S. The molecule has 1 heterocycles. The Kier molecular flexibility index (Phi) is 6.16. The van der Waals surface area contributed by atoms with Crippen LogP contribution in [0, 0.1) is 5.92 Å². The molecule has 1 amide bonds. The third kappa shape index (κ3) is 4.87. The molecule has 0 aromatic heterocycles. The van der Waals surface area contributed by atoms with Gasteiger partial charge in [-0.15, -0.1) is 0 Å². The Balaban J connectivity index is 1.73. The van der Waals surface area contributed by atoms with Gasteiger partial charge in [0.2, 0.25) is 10.0 Å². The summed E-state index contributed by atoms with van der Waals surface area (Å²) in [4.78, 5) is 26.3. The van der Waals surface area contributed by atoms with Gasteiger partial charge in [0.25, 0.3) is 5.91 Å². The highest BCUT2D eigenvalue weighted by Gasteiger charge is 2.30. The Morgan fingerprint density at radius 2 is 1.78 bits per heavy atom. The Bertz CT molecular complexity index is 781. The average molecular weight is 394 g/mol. The van der Waals surface area contributed by atoms with Crippen molar-refractivity contribution in [2.45, 2.75) is 37.5 Å². The molecule has 8 heteroatoms. The van der Waals surface area contributed by atoms with Gasteiger partial charge in [0.15, 0.2) is 0 Å². The number of carbonyl (C=O) groups excluding carboxylic acids is 2. The molecule has 7 nitrogen and oxygen atoms in total. The zero-order valence-corrected chi connectivity index (χ0v) is 16.4. The van der Waals surface area contributed by atoms with Crippen LogP contribution in [0.3, 0.4) is 0 Å². The van der Waals surface area contributed by atoms with Crippen molar-refractivity contribution >= 4 is 21.9 Å². The van der Waals surface area contributed by atoms with E-state index >= 15 is 0 Å². The van der Waals surface area contributed by atoms with E-state index in [1.165, 1.54) is 33.5 Å². The van der Waals surface area contributed by atoms with Crippen LogP contribution in [-0.4, -0.2) is 62.3 Å². The minimum atomic E-state index is -3.50. The van der Waals surface area contributed by atoms with Crippen LogP contribution in [0.5, 0.6) is 0 Å². The maximum Gasteiger partial charge on any atom is 0.325 e. The van der Waals surface area contributed by atoms with Crippen LogP contribution >= 0.6 is 0 Å². The Labute approximate surface area is 160 Å². The Morgan fingerprint density at radius 1 is 1.15 bits per heavy atom. The molecule has 148 valence electrons. The maximum atomic E-state index is 12.8. The van der Waals surface area contributed by atoms with E-state index in [1.807, 2.05) is 0 Å². The SMILES string of the molecule is CCOC(=O)CN(CC1CC1)C(=O)c1ccc(S(=O)(=O)N2CCCC2)cc1. The second kappa shape index (κ2) is 8.39. The normalized spacial score (nSPS) is 17.7. The van der Waals surface area contributed by atoms with Gasteiger partial charge < -0.3 is 9.64 Å². The summed E-state index contributed by atoms with van der Waals surface area (Å²) >= 11 is 0. The first-order valence-electron chi connectivity index (χ1n) is 9.47. The molecule has 0 N–H and O–H groups in total. The molecule has 2 fully saturated rings. The molecule has 0 unspecified atom stereocenters. The third-order valence-corrected chi connectivity index (χ3v) is 6.80. The molecule has 1 aromatic rings. The molecule has 1 aromatic carbocycles. The van der Waals surface area contributed by atoms with Gasteiger partial charge in [-0.25, -0.2) is 8.42 Å². The summed E-state index contributed by atoms with van der Waals surface area (Å²) in [6.45, 7) is 3.51. The zero-order chi connectivity index (χ0) is 19.4. The second-order valence-corrected chi connectivity index (χ2v) is 9.01. The monoisotopic (exact) mass is 394 g/mol. The van der Waals surface area contributed by atoms with E-state index in [0.29, 0.717) is 31.1 Å². The molecule has 27 heavy (non-hydrogen) atoms. The van der Waals surface area contributed by atoms with Gasteiger partial charge in [0.05, 0.1) is 11.5 Å². The molecule has 0 radical (unpaired) electrons. The van der Waals surface area contributed by atoms with Crippen molar-refractivity contribution in [3.63, 3.8) is 0 Å². The molecule has 1 aliphatic carbocycles. The first kappa shape index (κ1) is 19.8. The van der Waals surface area contributed by atoms with Gasteiger partial charge in [-0.1, -0.05) is 0 Å². The highest BCUT2D eigenvalue weighted by atomic mass is 32.2. The van der Waals surface area contributed by atoms with Crippen LogP contribution in [0.1, 0.15) is 43.0 Å². The second-order valence-electron chi connectivity index (χ2n) is 7.07. The van der Waals surface area contributed by atoms with Gasteiger partial charge in [0.1, 0.15) is 6.54 Å². The quantitative estimate of drug-likeness (QED) is 0.629. The lowest BCUT2D eigenvalue weighted by Gasteiger charge is -2.22. The standard InChI is InChI=1S/C19H26N2O5S/c1-2-26-18(22)14-20(13-15-5-6-15)19(23)16-7-9-17(10-8-16)27(24,25)21-11-3-4-12-21/h7-10,15H,2-6,11-14H2,1H3. The van der Waals surface area contributed by atoms with Gasteiger partial charge in [-0.05, 0) is 62.8 Å². The van der Waals surface area contributed by atoms with Gasteiger partial charge in [-0.3, -0.25) is 9.59 Å². The summed E-state index contributed by atoms with van der Waals surface area (Å²) in [5.74, 6) is -0.280. The minimum Gasteiger partial charge on any atom is -0.465 e. The zero-order valence-electron chi connectivity index (χ0n) is 15.6. The van der Waals surface area contributed by atoms with Crippen LogP contribution < -0.4 is 0 Å². The number of ether oxygens (including phenoxy) is 1. The highest BCUT2D eigenvalue weighted by molar-refractivity contribution is 7.89. The predicted octanol–water partition coefficient (Wildman–Crippen LogP) is 1.89. The number of nitrogens with zero attached hydrogens (tertiary/aromatic N) is 2. The van der Waals surface area contributed by atoms with Crippen molar-refractivity contribution in [2.75, 3.05) is 32.8 Å². The van der Waals surface area contributed by atoms with Crippen molar-refractivity contribution in [2.24, 2.45) is 5.92 Å². The van der Waals surface area contributed by atoms with Crippen LogP contribution in [-0.2, 0) is 19.6 Å². The lowest BCUT2D eigenvalue weighted by atomic mass is 10.2. The lowest BCUT2D eigenvalue weighted by Crippen LogP contribution is -2.38. The van der Waals surface area contributed by atoms with Crippen LogP contribution in [0.2, 0.25) is 0 Å². The fraction of sp³-hybridized carbons (Fsp3) is 0.579. The largest absolute Gasteiger partial charge is 0.465 e. The number of rotatable bonds is 8. The van der Waals surface area contributed by atoms with E-state index in [4.69, 9.17) is 4.74 Å². The van der Waals surface area contributed by atoms with Crippen molar-refractivity contribution < 1.29 is 22.7 Å². The smallest absolute Gasteiger partial charge is 0.325 e. The summed E-state index contributed by atoms with van der Waals surface area (Å²) in [6, 6.07) is 5.99. The highest BCUT2D eigenvalue weighted by Crippen LogP contribution is 2.30. The van der Waals surface area contributed by atoms with E-state index in [9.17, 15) is 18.0 Å². The first-order valence-corrected chi connectivity index (χ1v) is 10.9. The fourth-order valence-corrected chi connectivity index (χ4v) is 4.74. The van der Waals surface area contributed by atoms with Crippen LogP contribution in [0.25, 0.3) is 0 Å². The van der Waals surface area contributed by atoms with Gasteiger partial charge in [0, 0.05) is 25.2 Å². The Morgan fingerprint density at radius 3 is 2.33 bits per heavy atom. The third-order valence-electron chi connectivity index (χ3n) is 4.89. The van der Waals surface area contributed by atoms with Crippen molar-refractivity contribution in [1.82, 2.24) is 9.21 Å². The van der Waals surface area contributed by atoms with Crippen molar-refractivity contribution in [3.8, 4) is 0 Å². The molecule has 0 bridgehead atoms. The van der Waals surface area contributed by atoms with Gasteiger partial charge >= 0.3 is 5.97 Å². The molecule has 2 aliphatic rings. The number of sulfonamides is 1. The number of hydrogen-bond acceptors (Lipinski definition) is 5. The number of carbonyl (C=O) groups is 2. The molecule has 3 rings (SSSR count). The summed E-state index contributed by atoms with van der Waals surface area (Å²) in [5.41, 5.74) is 0.375. The number of benzene rings is 1. The maximum absolute atomic E-state index is 12.8. The summed E-state index contributed by atoms with van der Waals surface area (Å²) in [7, 11) is -3.50. The van der Waals surface area contributed by atoms with Gasteiger partial charge in [-0.2, -0.15) is 4.31 Å². The van der Waals surface area contributed by atoms with Crippen LogP contribution in [0.15, 0.2) is 29.2 Å². The van der Waals surface area contributed by atoms with Crippen LogP contribution in [0.4, 0.5) is 0 Å². The molecule has 1 saturated carbocycles. The summed E-state index contributed by atoms with van der Waals surface area (Å²) < 4.78 is 31.6. The van der Waals surface area contributed by atoms with E-state index in [2.05, 4.69) is 0 Å². The molecular weight excluding hydrogens is 368 g/mol. The van der Waals surface area contributed by atoms with Crippen molar-refractivity contribution in [1.29, 1.82) is 0 Å². The number of hydrogen-bond donors (Lipinski definition) is 0. The topological polar surface area (TPSA) is 84.0 Å². The van der Waals surface area contributed by atoms with E-state index in [0.717, 1.165) is 25.7 Å². The molecule has 0 atom stereocenters. The van der Waals surface area contributed by atoms with E-state index < -0.39 is 16.0 Å². The van der Waals surface area contributed by atoms with Crippen molar-refractivity contribution in [3.05, 3.63) is 29.8 Å². The fourth-order valence-electron chi connectivity index (χ4n) is 3.22. The average Bonchev–Trinajstić information content (AvgIpc) is 3.29. The predicted molar refractivity (Wildman–Crippen MR) is 99.7 cm³/mol. The van der Waals surface area contributed by atoms with E-state index in [-0.39, 0.29) is 24.0 Å². The van der Waals surface area contributed by atoms with E-state index in [1.54, 1.807) is 6.92 Å². The number of esters is 1. The summed E-state index contributed by atoms with van der Waals surface area (Å²) in [5, 5.41) is 0. The lowest BCUT2D eigenvalue weighted by molar-refractivity contribution is -0.143. The first-order chi connectivity index (χ1) is 12.9.